The van der Waals surface area contributed by atoms with Gasteiger partial charge in [-0.15, -0.1) is 0 Å². The summed E-state index contributed by atoms with van der Waals surface area (Å²) in [4.78, 5) is 0. The zero-order valence-electron chi connectivity index (χ0n) is 14.0. The van der Waals surface area contributed by atoms with Crippen molar-refractivity contribution in [2.45, 2.75) is 48.6 Å². The van der Waals surface area contributed by atoms with Gasteiger partial charge in [0.2, 0.25) is 5.79 Å². The first-order valence-electron chi connectivity index (χ1n) is 8.06. The molecule has 0 saturated carbocycles. The molecular formula is C15H17F3O9S. The van der Waals surface area contributed by atoms with Gasteiger partial charge in [-0.3, -0.25) is 0 Å². The van der Waals surface area contributed by atoms with Gasteiger partial charge in [0.15, 0.2) is 0 Å². The molecule has 1 aromatic carbocycles. The van der Waals surface area contributed by atoms with Crippen LogP contribution in [0.25, 0.3) is 0 Å². The minimum atomic E-state index is -5.83. The van der Waals surface area contributed by atoms with Crippen molar-refractivity contribution >= 4 is 10.1 Å². The van der Waals surface area contributed by atoms with Crippen molar-refractivity contribution in [1.29, 1.82) is 0 Å². The number of hydrogen-bond donors (Lipinski definition) is 4. The Labute approximate surface area is 157 Å². The fourth-order valence-electron chi connectivity index (χ4n) is 3.12. The highest BCUT2D eigenvalue weighted by atomic mass is 32.2. The van der Waals surface area contributed by atoms with Crippen molar-refractivity contribution in [3.05, 3.63) is 23.8 Å². The number of ether oxygens (including phenoxy) is 2. The number of benzene rings is 1. The van der Waals surface area contributed by atoms with Gasteiger partial charge in [0, 0.05) is 6.42 Å². The summed E-state index contributed by atoms with van der Waals surface area (Å²) in [7, 11) is -5.83. The van der Waals surface area contributed by atoms with Crippen LogP contribution in [0.2, 0.25) is 0 Å². The largest absolute Gasteiger partial charge is 0.534 e. The van der Waals surface area contributed by atoms with Crippen molar-refractivity contribution in [3.8, 4) is 11.5 Å². The summed E-state index contributed by atoms with van der Waals surface area (Å²) in [6, 6.07) is 3.08. The predicted octanol–water partition coefficient (Wildman–Crippen LogP) is -0.590. The molecule has 0 radical (unpaired) electrons. The molecule has 0 aromatic heterocycles. The lowest BCUT2D eigenvalue weighted by Gasteiger charge is -2.49. The SMILES string of the molecule is O=S(=O)(Oc1ccc2c(c1)CC[C@]1(O2)O[C@H](CO)[C@@H](O)[C@H](O)[C@@H]1O)C(F)(F)F. The maximum atomic E-state index is 12.4. The molecule has 1 spiro atoms. The van der Waals surface area contributed by atoms with Crippen LogP contribution in [0.1, 0.15) is 12.0 Å². The lowest BCUT2D eigenvalue weighted by molar-refractivity contribution is -0.342. The van der Waals surface area contributed by atoms with Crippen LogP contribution in [0.3, 0.4) is 0 Å². The second-order valence-corrected chi connectivity index (χ2v) is 7.97. The van der Waals surface area contributed by atoms with Gasteiger partial charge in [-0.05, 0) is 30.2 Å². The Kier molecular flexibility index (Phi) is 5.27. The molecule has 28 heavy (non-hydrogen) atoms. The van der Waals surface area contributed by atoms with E-state index in [1.807, 2.05) is 0 Å². The minimum absolute atomic E-state index is 0.0438. The fourth-order valence-corrected chi connectivity index (χ4v) is 3.57. The molecule has 1 fully saturated rings. The first-order valence-corrected chi connectivity index (χ1v) is 9.46. The van der Waals surface area contributed by atoms with E-state index in [1.54, 1.807) is 0 Å². The molecule has 4 N–H and O–H groups in total. The van der Waals surface area contributed by atoms with E-state index in [2.05, 4.69) is 4.18 Å². The molecule has 0 amide bonds. The molecule has 0 unspecified atom stereocenters. The third-order valence-corrected chi connectivity index (χ3v) is 5.56. The minimum Gasteiger partial charge on any atom is -0.459 e. The van der Waals surface area contributed by atoms with Crippen molar-refractivity contribution in [1.82, 2.24) is 0 Å². The average molecular weight is 430 g/mol. The molecule has 13 heteroatoms. The lowest BCUT2D eigenvalue weighted by atomic mass is 9.87. The van der Waals surface area contributed by atoms with E-state index in [-0.39, 0.29) is 24.2 Å². The molecular weight excluding hydrogens is 413 g/mol. The summed E-state index contributed by atoms with van der Waals surface area (Å²) >= 11 is 0. The van der Waals surface area contributed by atoms with Gasteiger partial charge < -0.3 is 34.1 Å². The Morgan fingerprint density at radius 2 is 1.89 bits per heavy atom. The van der Waals surface area contributed by atoms with Crippen LogP contribution < -0.4 is 8.92 Å². The van der Waals surface area contributed by atoms with Gasteiger partial charge in [-0.2, -0.15) is 21.6 Å². The quantitative estimate of drug-likeness (QED) is 0.366. The number of hydrogen-bond acceptors (Lipinski definition) is 9. The van der Waals surface area contributed by atoms with E-state index < -0.39 is 58.2 Å². The molecule has 2 heterocycles. The molecule has 2 aliphatic heterocycles. The van der Waals surface area contributed by atoms with Gasteiger partial charge >= 0.3 is 15.6 Å². The molecule has 158 valence electrons. The average Bonchev–Trinajstić information content (AvgIpc) is 2.62. The Balaban J connectivity index is 1.85. The smallest absolute Gasteiger partial charge is 0.459 e. The van der Waals surface area contributed by atoms with E-state index in [9.17, 15) is 42.0 Å². The number of aliphatic hydroxyl groups excluding tert-OH is 4. The highest BCUT2D eigenvalue weighted by Crippen LogP contribution is 2.42. The third kappa shape index (κ3) is 3.53. The van der Waals surface area contributed by atoms with Gasteiger partial charge in [0.1, 0.15) is 35.9 Å². The summed E-state index contributed by atoms with van der Waals surface area (Å²) in [5, 5.41) is 39.4. The lowest BCUT2D eigenvalue weighted by Crippen LogP contribution is -2.68. The number of halogens is 3. The van der Waals surface area contributed by atoms with Crippen LogP contribution in [0.5, 0.6) is 11.5 Å². The van der Waals surface area contributed by atoms with Gasteiger partial charge in [-0.1, -0.05) is 0 Å². The number of aryl methyl sites for hydroxylation is 1. The topological polar surface area (TPSA) is 143 Å². The van der Waals surface area contributed by atoms with Crippen LogP contribution in [-0.2, 0) is 21.3 Å². The van der Waals surface area contributed by atoms with Crippen LogP contribution >= 0.6 is 0 Å². The van der Waals surface area contributed by atoms with Crippen LogP contribution in [0.4, 0.5) is 13.2 Å². The molecule has 0 bridgehead atoms. The summed E-state index contributed by atoms with van der Waals surface area (Å²) in [5.41, 5.74) is -5.31. The van der Waals surface area contributed by atoms with E-state index in [0.29, 0.717) is 0 Å². The Morgan fingerprint density at radius 3 is 2.50 bits per heavy atom. The van der Waals surface area contributed by atoms with E-state index in [1.165, 1.54) is 0 Å². The molecule has 1 saturated heterocycles. The Morgan fingerprint density at radius 1 is 1.21 bits per heavy atom. The second-order valence-electron chi connectivity index (χ2n) is 6.43. The normalized spacial score (nSPS) is 33.2. The summed E-state index contributed by atoms with van der Waals surface area (Å²) in [6.45, 7) is -0.662. The monoisotopic (exact) mass is 430 g/mol. The van der Waals surface area contributed by atoms with Crippen molar-refractivity contribution in [2.75, 3.05) is 6.61 Å². The van der Waals surface area contributed by atoms with E-state index in [4.69, 9.17) is 9.47 Å². The highest BCUT2D eigenvalue weighted by molar-refractivity contribution is 7.88. The fraction of sp³-hybridized carbons (Fsp3) is 0.600. The molecule has 1 aromatic rings. The molecule has 9 nitrogen and oxygen atoms in total. The molecule has 2 aliphatic rings. The maximum absolute atomic E-state index is 12.4. The number of rotatable bonds is 3. The van der Waals surface area contributed by atoms with Crippen molar-refractivity contribution < 1.29 is 55.7 Å². The maximum Gasteiger partial charge on any atom is 0.534 e. The van der Waals surface area contributed by atoms with Gasteiger partial charge in [0.25, 0.3) is 0 Å². The standard InChI is InChI=1S/C15H17F3O9S/c16-15(17,18)28(23,24)27-8-1-2-9-7(5-8)3-4-14(25-9)13(22)12(21)11(20)10(6-19)26-14/h1-2,5,10-13,19-22H,3-4,6H2/t10-,11-,12+,13+,14+/m1/s1. The van der Waals surface area contributed by atoms with Crippen molar-refractivity contribution in [2.24, 2.45) is 0 Å². The molecule has 3 rings (SSSR count). The zero-order valence-corrected chi connectivity index (χ0v) is 14.9. The summed E-state index contributed by atoms with van der Waals surface area (Å²) in [6.07, 6.45) is -6.20. The van der Waals surface area contributed by atoms with E-state index >= 15 is 0 Å². The number of aliphatic hydroxyl groups is 4. The highest BCUT2D eigenvalue weighted by Gasteiger charge is 2.56. The predicted molar refractivity (Wildman–Crippen MR) is 83.7 cm³/mol. The second kappa shape index (κ2) is 7.00. The van der Waals surface area contributed by atoms with Crippen LogP contribution in [-0.4, -0.2) is 71.2 Å². The zero-order chi connectivity index (χ0) is 20.9. The first kappa shape index (κ1) is 21.1. The van der Waals surface area contributed by atoms with E-state index in [0.717, 1.165) is 18.2 Å². The Hall–Kier alpha value is -1.64. The number of alkyl halides is 3. The Bertz CT molecular complexity index is 842. The molecule has 5 atom stereocenters. The molecule has 0 aliphatic carbocycles. The summed E-state index contributed by atoms with van der Waals surface area (Å²) in [5.74, 6) is -2.34. The number of fused-ring (bicyclic) bond motifs is 1. The van der Waals surface area contributed by atoms with Gasteiger partial charge in [0.05, 0.1) is 6.61 Å². The summed E-state index contributed by atoms with van der Waals surface area (Å²) < 4.78 is 74.6. The van der Waals surface area contributed by atoms with Crippen LogP contribution in [0.15, 0.2) is 18.2 Å². The third-order valence-electron chi connectivity index (χ3n) is 4.58. The van der Waals surface area contributed by atoms with Crippen molar-refractivity contribution in [3.63, 3.8) is 0 Å². The first-order chi connectivity index (χ1) is 12.9. The van der Waals surface area contributed by atoms with Crippen LogP contribution in [0, 0.1) is 0 Å². The van der Waals surface area contributed by atoms with Gasteiger partial charge in [-0.25, -0.2) is 0 Å².